The summed E-state index contributed by atoms with van der Waals surface area (Å²) in [5, 5.41) is 10.1. The van der Waals surface area contributed by atoms with Gasteiger partial charge >= 0.3 is 0 Å². The van der Waals surface area contributed by atoms with Crippen molar-refractivity contribution in [3.05, 3.63) is 39.1 Å². The van der Waals surface area contributed by atoms with Gasteiger partial charge in [0.15, 0.2) is 0 Å². The lowest BCUT2D eigenvalue weighted by atomic mass is 10.1. The van der Waals surface area contributed by atoms with Gasteiger partial charge in [-0.1, -0.05) is 28.1 Å². The van der Waals surface area contributed by atoms with Crippen LogP contribution < -0.4 is 10.5 Å². The molecule has 2 rings (SSSR count). The summed E-state index contributed by atoms with van der Waals surface area (Å²) in [5.41, 5.74) is 0.455. The maximum absolute atomic E-state index is 12.2. The molecule has 2 N–H and O–H groups in total. The SMILES string of the molecule is CCN(CC)c1nc(O)c(-c2cccc(Br)c2)c(=O)[nH]1. The first-order valence-corrected chi connectivity index (χ1v) is 7.20. The van der Waals surface area contributed by atoms with E-state index in [2.05, 4.69) is 25.9 Å². The average Bonchev–Trinajstić information content (AvgIpc) is 2.39. The molecule has 0 unspecified atom stereocenters. The lowest BCUT2D eigenvalue weighted by Crippen LogP contribution is -2.27. The quantitative estimate of drug-likeness (QED) is 0.899. The predicted molar refractivity (Wildman–Crippen MR) is 83.2 cm³/mol. The van der Waals surface area contributed by atoms with E-state index in [9.17, 15) is 9.90 Å². The molecule has 0 bridgehead atoms. The first kappa shape index (κ1) is 14.6. The van der Waals surface area contributed by atoms with Gasteiger partial charge in [0.05, 0.1) is 0 Å². The molecule has 1 aromatic heterocycles. The number of benzene rings is 1. The molecule has 0 fully saturated rings. The van der Waals surface area contributed by atoms with Crippen LogP contribution in [-0.4, -0.2) is 28.2 Å². The van der Waals surface area contributed by atoms with Gasteiger partial charge in [-0.05, 0) is 31.5 Å². The van der Waals surface area contributed by atoms with Gasteiger partial charge in [0, 0.05) is 17.6 Å². The zero-order valence-corrected chi connectivity index (χ0v) is 12.9. The molecule has 0 spiro atoms. The summed E-state index contributed by atoms with van der Waals surface area (Å²) in [5.74, 6) is 0.130. The van der Waals surface area contributed by atoms with Gasteiger partial charge in [0.1, 0.15) is 5.56 Å². The third kappa shape index (κ3) is 2.85. The Morgan fingerprint density at radius 1 is 1.35 bits per heavy atom. The molecule has 106 valence electrons. The minimum Gasteiger partial charge on any atom is -0.493 e. The fourth-order valence-corrected chi connectivity index (χ4v) is 2.43. The summed E-state index contributed by atoms with van der Waals surface area (Å²) in [7, 11) is 0. The number of H-pyrrole nitrogens is 1. The smallest absolute Gasteiger partial charge is 0.264 e. The van der Waals surface area contributed by atoms with E-state index in [1.807, 2.05) is 24.8 Å². The maximum atomic E-state index is 12.2. The van der Waals surface area contributed by atoms with Crippen LogP contribution in [0.15, 0.2) is 33.5 Å². The number of aromatic hydroxyl groups is 1. The Morgan fingerprint density at radius 2 is 2.05 bits per heavy atom. The molecule has 0 aliphatic heterocycles. The van der Waals surface area contributed by atoms with Crippen LogP contribution in [0.3, 0.4) is 0 Å². The highest BCUT2D eigenvalue weighted by molar-refractivity contribution is 9.10. The second-order valence-electron chi connectivity index (χ2n) is 4.27. The van der Waals surface area contributed by atoms with E-state index in [-0.39, 0.29) is 17.0 Å². The van der Waals surface area contributed by atoms with Crippen molar-refractivity contribution in [3.8, 4) is 17.0 Å². The van der Waals surface area contributed by atoms with Crippen molar-refractivity contribution in [3.63, 3.8) is 0 Å². The molecule has 0 atom stereocenters. The summed E-state index contributed by atoms with van der Waals surface area (Å²) in [6.45, 7) is 5.33. The van der Waals surface area contributed by atoms with Gasteiger partial charge in [-0.2, -0.15) is 4.98 Å². The second kappa shape index (κ2) is 6.09. The molecule has 1 aromatic carbocycles. The van der Waals surface area contributed by atoms with Crippen LogP contribution in [0.25, 0.3) is 11.1 Å². The van der Waals surface area contributed by atoms with Crippen molar-refractivity contribution in [2.75, 3.05) is 18.0 Å². The minimum atomic E-state index is -0.350. The monoisotopic (exact) mass is 337 g/mol. The van der Waals surface area contributed by atoms with Crippen molar-refractivity contribution in [1.82, 2.24) is 9.97 Å². The Bertz CT molecular complexity index is 666. The number of halogens is 1. The molecule has 0 aliphatic carbocycles. The van der Waals surface area contributed by atoms with Gasteiger partial charge in [0.25, 0.3) is 5.56 Å². The number of hydrogen-bond acceptors (Lipinski definition) is 4. The molecule has 1 heterocycles. The van der Waals surface area contributed by atoms with Crippen LogP contribution in [0, 0.1) is 0 Å². The van der Waals surface area contributed by atoms with Crippen molar-refractivity contribution in [2.24, 2.45) is 0 Å². The molecule has 5 nitrogen and oxygen atoms in total. The molecule has 0 aliphatic rings. The number of rotatable bonds is 4. The van der Waals surface area contributed by atoms with E-state index in [0.29, 0.717) is 24.6 Å². The minimum absolute atomic E-state index is 0.183. The van der Waals surface area contributed by atoms with E-state index in [1.54, 1.807) is 18.2 Å². The standard InChI is InChI=1S/C14H16BrN3O2/c1-3-18(4-2)14-16-12(19)11(13(20)17-14)9-6-5-7-10(15)8-9/h5-8H,3-4H2,1-2H3,(H2,16,17,19,20). The second-order valence-corrected chi connectivity index (χ2v) is 5.19. The Kier molecular flexibility index (Phi) is 4.44. The third-order valence-corrected chi connectivity index (χ3v) is 3.56. The predicted octanol–water partition coefficient (Wildman–Crippen LogP) is 2.75. The van der Waals surface area contributed by atoms with E-state index in [4.69, 9.17) is 0 Å². The maximum Gasteiger partial charge on any atom is 0.264 e. The highest BCUT2D eigenvalue weighted by atomic mass is 79.9. The summed E-state index contributed by atoms with van der Waals surface area (Å²) >= 11 is 3.35. The normalized spacial score (nSPS) is 10.6. The molecule has 2 aromatic rings. The molecule has 20 heavy (non-hydrogen) atoms. The van der Waals surface area contributed by atoms with Crippen LogP contribution in [0.1, 0.15) is 13.8 Å². The van der Waals surface area contributed by atoms with Crippen molar-refractivity contribution in [2.45, 2.75) is 13.8 Å². The zero-order chi connectivity index (χ0) is 14.7. The van der Waals surface area contributed by atoms with Crippen LogP contribution in [0.5, 0.6) is 5.88 Å². The number of nitrogens with one attached hydrogen (secondary N) is 1. The lowest BCUT2D eigenvalue weighted by molar-refractivity contribution is 0.453. The van der Waals surface area contributed by atoms with E-state index in [1.165, 1.54) is 0 Å². The highest BCUT2D eigenvalue weighted by Gasteiger charge is 2.15. The zero-order valence-electron chi connectivity index (χ0n) is 11.4. The number of aromatic nitrogens is 2. The molecular weight excluding hydrogens is 322 g/mol. The molecule has 0 saturated carbocycles. The molecule has 6 heteroatoms. The third-order valence-electron chi connectivity index (χ3n) is 3.06. The molecular formula is C14H16BrN3O2. The Labute approximate surface area is 125 Å². The van der Waals surface area contributed by atoms with E-state index < -0.39 is 0 Å². The first-order chi connectivity index (χ1) is 9.56. The summed E-state index contributed by atoms with van der Waals surface area (Å²) in [4.78, 5) is 20.9. The van der Waals surface area contributed by atoms with Crippen LogP contribution in [-0.2, 0) is 0 Å². The topological polar surface area (TPSA) is 69.2 Å². The van der Waals surface area contributed by atoms with Crippen molar-refractivity contribution >= 4 is 21.9 Å². The van der Waals surface area contributed by atoms with Gasteiger partial charge in [-0.15, -0.1) is 0 Å². The first-order valence-electron chi connectivity index (χ1n) is 6.41. The van der Waals surface area contributed by atoms with E-state index >= 15 is 0 Å². The fraction of sp³-hybridized carbons (Fsp3) is 0.286. The number of hydrogen-bond donors (Lipinski definition) is 2. The van der Waals surface area contributed by atoms with Crippen LogP contribution in [0.2, 0.25) is 0 Å². The van der Waals surface area contributed by atoms with Crippen molar-refractivity contribution < 1.29 is 5.11 Å². The average molecular weight is 338 g/mol. The summed E-state index contributed by atoms with van der Waals surface area (Å²) in [6, 6.07) is 7.18. The van der Waals surface area contributed by atoms with Gasteiger partial charge in [0.2, 0.25) is 11.8 Å². The largest absolute Gasteiger partial charge is 0.493 e. The Morgan fingerprint density at radius 3 is 2.60 bits per heavy atom. The number of anilines is 1. The van der Waals surface area contributed by atoms with Crippen molar-refractivity contribution in [1.29, 1.82) is 0 Å². The van der Waals surface area contributed by atoms with Gasteiger partial charge in [-0.3, -0.25) is 9.78 Å². The summed E-state index contributed by atoms with van der Waals surface area (Å²) in [6.07, 6.45) is 0. The Hall–Kier alpha value is -1.82. The number of aromatic amines is 1. The van der Waals surface area contributed by atoms with Gasteiger partial charge in [-0.25, -0.2) is 0 Å². The number of nitrogens with zero attached hydrogens (tertiary/aromatic N) is 2. The van der Waals surface area contributed by atoms with Crippen LogP contribution >= 0.6 is 15.9 Å². The fourth-order valence-electron chi connectivity index (χ4n) is 2.03. The highest BCUT2D eigenvalue weighted by Crippen LogP contribution is 2.26. The molecule has 0 saturated heterocycles. The van der Waals surface area contributed by atoms with Crippen LogP contribution in [0.4, 0.5) is 5.95 Å². The summed E-state index contributed by atoms with van der Waals surface area (Å²) < 4.78 is 0.835. The Balaban J connectivity index is 2.55. The molecule has 0 radical (unpaired) electrons. The molecule has 0 amide bonds. The van der Waals surface area contributed by atoms with E-state index in [0.717, 1.165) is 4.47 Å². The van der Waals surface area contributed by atoms with Gasteiger partial charge < -0.3 is 10.0 Å². The lowest BCUT2D eigenvalue weighted by Gasteiger charge is -2.19.